The lowest BCUT2D eigenvalue weighted by atomic mass is 10.2. The van der Waals surface area contributed by atoms with Gasteiger partial charge in [-0.05, 0) is 42.3 Å². The van der Waals surface area contributed by atoms with Crippen LogP contribution in [0.25, 0.3) is 0 Å². The highest BCUT2D eigenvalue weighted by Gasteiger charge is 2.15. The van der Waals surface area contributed by atoms with Crippen molar-refractivity contribution in [3.63, 3.8) is 0 Å². The molecular formula is C19H16ClFN2O3S. The Bertz CT molecular complexity index is 1060. The number of benzene rings is 2. The molecule has 0 saturated heterocycles. The van der Waals surface area contributed by atoms with Gasteiger partial charge in [0.05, 0.1) is 4.90 Å². The van der Waals surface area contributed by atoms with Crippen LogP contribution in [0.4, 0.5) is 4.39 Å². The predicted molar refractivity (Wildman–Crippen MR) is 101 cm³/mol. The Kier molecular flexibility index (Phi) is 5.74. The van der Waals surface area contributed by atoms with Crippen molar-refractivity contribution >= 4 is 21.6 Å². The molecule has 1 heterocycles. The number of rotatable bonds is 6. The van der Waals surface area contributed by atoms with E-state index < -0.39 is 15.8 Å². The number of pyridine rings is 1. The zero-order valence-corrected chi connectivity index (χ0v) is 15.9. The Labute approximate surface area is 161 Å². The Morgan fingerprint density at radius 3 is 2.63 bits per heavy atom. The van der Waals surface area contributed by atoms with E-state index in [1.165, 1.54) is 36.5 Å². The molecule has 0 amide bonds. The van der Waals surface area contributed by atoms with E-state index in [2.05, 4.69) is 9.71 Å². The topological polar surface area (TPSA) is 68.3 Å². The highest BCUT2D eigenvalue weighted by Crippen LogP contribution is 2.21. The Balaban J connectivity index is 1.65. The quantitative estimate of drug-likeness (QED) is 0.656. The molecule has 8 heteroatoms. The number of halogens is 2. The third-order valence-corrected chi connectivity index (χ3v) is 5.54. The maximum Gasteiger partial charge on any atom is 0.240 e. The summed E-state index contributed by atoms with van der Waals surface area (Å²) in [7, 11) is -3.70. The summed E-state index contributed by atoms with van der Waals surface area (Å²) in [5.74, 6) is 0.194. The van der Waals surface area contributed by atoms with E-state index in [4.69, 9.17) is 16.3 Å². The van der Waals surface area contributed by atoms with E-state index in [9.17, 15) is 12.8 Å². The second kappa shape index (κ2) is 8.04. The van der Waals surface area contributed by atoms with E-state index in [0.717, 1.165) is 5.56 Å². The molecule has 0 aliphatic rings. The molecule has 5 nitrogen and oxygen atoms in total. The van der Waals surface area contributed by atoms with Crippen molar-refractivity contribution < 1.29 is 17.5 Å². The molecule has 0 bridgehead atoms. The van der Waals surface area contributed by atoms with Gasteiger partial charge in [0, 0.05) is 29.9 Å². The van der Waals surface area contributed by atoms with Crippen LogP contribution in [-0.4, -0.2) is 13.4 Å². The van der Waals surface area contributed by atoms with Crippen LogP contribution in [0.15, 0.2) is 65.7 Å². The molecule has 0 spiro atoms. The van der Waals surface area contributed by atoms with E-state index in [0.29, 0.717) is 16.3 Å². The van der Waals surface area contributed by atoms with Crippen molar-refractivity contribution in [3.05, 3.63) is 82.8 Å². The summed E-state index contributed by atoms with van der Waals surface area (Å²) in [5.41, 5.74) is 1.44. The first-order valence-electron chi connectivity index (χ1n) is 7.98. The van der Waals surface area contributed by atoms with Gasteiger partial charge in [-0.1, -0.05) is 29.8 Å². The molecule has 3 aromatic rings. The van der Waals surface area contributed by atoms with Crippen LogP contribution >= 0.6 is 11.6 Å². The number of sulfonamides is 1. The van der Waals surface area contributed by atoms with Gasteiger partial charge in [-0.3, -0.25) is 0 Å². The van der Waals surface area contributed by atoms with Crippen LogP contribution < -0.4 is 9.46 Å². The first-order valence-corrected chi connectivity index (χ1v) is 9.84. The van der Waals surface area contributed by atoms with E-state index in [-0.39, 0.29) is 17.3 Å². The van der Waals surface area contributed by atoms with Crippen LogP contribution in [0.2, 0.25) is 5.02 Å². The predicted octanol–water partition coefficient (Wildman–Crippen LogP) is 4.45. The fraction of sp³-hybridized carbons (Fsp3) is 0.105. The van der Waals surface area contributed by atoms with Crippen molar-refractivity contribution in [1.82, 2.24) is 9.71 Å². The summed E-state index contributed by atoms with van der Waals surface area (Å²) >= 11 is 5.99. The van der Waals surface area contributed by atoms with Crippen molar-refractivity contribution in [1.29, 1.82) is 0 Å². The van der Waals surface area contributed by atoms with E-state index in [1.54, 1.807) is 31.2 Å². The molecule has 0 unspecified atom stereocenters. The minimum absolute atomic E-state index is 0.0566. The third kappa shape index (κ3) is 5.03. The molecule has 1 N–H and O–H groups in total. The van der Waals surface area contributed by atoms with Crippen LogP contribution in [0.1, 0.15) is 11.1 Å². The number of nitrogens with one attached hydrogen (secondary N) is 1. The highest BCUT2D eigenvalue weighted by atomic mass is 35.5. The number of aryl methyl sites for hydroxylation is 1. The zero-order valence-electron chi connectivity index (χ0n) is 14.3. The van der Waals surface area contributed by atoms with Crippen molar-refractivity contribution in [3.8, 4) is 11.6 Å². The average molecular weight is 407 g/mol. The zero-order chi connectivity index (χ0) is 19.4. The standard InChI is InChI=1S/C19H16ClFN2O3S/c1-13-5-7-17(10-18(13)20)27(24,25)23-12-14-6-8-19(22-11-14)26-16-4-2-3-15(21)9-16/h2-11,23H,12H2,1H3. The largest absolute Gasteiger partial charge is 0.439 e. The average Bonchev–Trinajstić information content (AvgIpc) is 2.63. The summed E-state index contributed by atoms with van der Waals surface area (Å²) in [6, 6.07) is 13.5. The Hall–Kier alpha value is -2.48. The summed E-state index contributed by atoms with van der Waals surface area (Å²) in [4.78, 5) is 4.20. The molecule has 0 radical (unpaired) electrons. The van der Waals surface area contributed by atoms with Crippen LogP contribution in [0, 0.1) is 12.7 Å². The van der Waals surface area contributed by atoms with Gasteiger partial charge in [0.25, 0.3) is 0 Å². The minimum atomic E-state index is -3.70. The molecule has 0 atom stereocenters. The summed E-state index contributed by atoms with van der Waals surface area (Å²) < 4.78 is 45.8. The molecule has 0 aliphatic carbocycles. The van der Waals surface area contributed by atoms with E-state index >= 15 is 0 Å². The SMILES string of the molecule is Cc1ccc(S(=O)(=O)NCc2ccc(Oc3cccc(F)c3)nc2)cc1Cl. The van der Waals surface area contributed by atoms with Gasteiger partial charge in [0.15, 0.2) is 0 Å². The first kappa shape index (κ1) is 19.3. The lowest BCUT2D eigenvalue weighted by molar-refractivity contribution is 0.457. The second-order valence-electron chi connectivity index (χ2n) is 5.80. The van der Waals surface area contributed by atoms with Crippen molar-refractivity contribution in [2.75, 3.05) is 0 Å². The normalized spacial score (nSPS) is 11.4. The third-order valence-electron chi connectivity index (χ3n) is 3.74. The highest BCUT2D eigenvalue weighted by molar-refractivity contribution is 7.89. The molecule has 140 valence electrons. The number of nitrogens with zero attached hydrogens (tertiary/aromatic N) is 1. The van der Waals surface area contributed by atoms with Gasteiger partial charge in [0.2, 0.25) is 15.9 Å². The fourth-order valence-electron chi connectivity index (χ4n) is 2.23. The first-order chi connectivity index (χ1) is 12.8. The molecule has 3 rings (SSSR count). The molecule has 0 aliphatic heterocycles. The molecule has 2 aromatic carbocycles. The van der Waals surface area contributed by atoms with Gasteiger partial charge in [0.1, 0.15) is 11.6 Å². The Morgan fingerprint density at radius 2 is 1.96 bits per heavy atom. The van der Waals surface area contributed by atoms with Gasteiger partial charge < -0.3 is 4.74 Å². The number of aromatic nitrogens is 1. The monoisotopic (exact) mass is 406 g/mol. The van der Waals surface area contributed by atoms with E-state index in [1.807, 2.05) is 0 Å². The summed E-state index contributed by atoms with van der Waals surface area (Å²) in [6.45, 7) is 1.85. The number of ether oxygens (including phenoxy) is 1. The number of hydrogen-bond donors (Lipinski definition) is 1. The summed E-state index contributed by atoms with van der Waals surface area (Å²) in [5, 5.41) is 0.387. The molecule has 0 fully saturated rings. The van der Waals surface area contributed by atoms with Crippen LogP contribution in [0.5, 0.6) is 11.6 Å². The van der Waals surface area contributed by atoms with Gasteiger partial charge in [-0.15, -0.1) is 0 Å². The smallest absolute Gasteiger partial charge is 0.240 e. The van der Waals surface area contributed by atoms with Gasteiger partial charge in [-0.2, -0.15) is 0 Å². The Morgan fingerprint density at radius 1 is 1.15 bits per heavy atom. The van der Waals surface area contributed by atoms with Crippen LogP contribution in [-0.2, 0) is 16.6 Å². The van der Waals surface area contributed by atoms with Crippen LogP contribution in [0.3, 0.4) is 0 Å². The fourth-order valence-corrected chi connectivity index (χ4v) is 3.52. The molecule has 1 aromatic heterocycles. The number of hydrogen-bond acceptors (Lipinski definition) is 4. The molecular weight excluding hydrogens is 391 g/mol. The second-order valence-corrected chi connectivity index (χ2v) is 7.97. The maximum atomic E-state index is 13.2. The lowest BCUT2D eigenvalue weighted by Gasteiger charge is -2.09. The summed E-state index contributed by atoms with van der Waals surface area (Å²) in [6.07, 6.45) is 1.49. The van der Waals surface area contributed by atoms with Gasteiger partial charge in [-0.25, -0.2) is 22.5 Å². The van der Waals surface area contributed by atoms with Crippen molar-refractivity contribution in [2.45, 2.75) is 18.4 Å². The molecule has 0 saturated carbocycles. The molecule has 27 heavy (non-hydrogen) atoms. The van der Waals surface area contributed by atoms with Gasteiger partial charge >= 0.3 is 0 Å². The van der Waals surface area contributed by atoms with Crippen molar-refractivity contribution in [2.24, 2.45) is 0 Å². The lowest BCUT2D eigenvalue weighted by Crippen LogP contribution is -2.23. The maximum absolute atomic E-state index is 13.2. The minimum Gasteiger partial charge on any atom is -0.439 e.